The summed E-state index contributed by atoms with van der Waals surface area (Å²) in [6.07, 6.45) is 4.85. The van der Waals surface area contributed by atoms with Crippen molar-refractivity contribution in [3.63, 3.8) is 0 Å². The molecule has 7 heteroatoms. The smallest absolute Gasteiger partial charge is 0.314 e. The monoisotopic (exact) mass is 493 g/mol. The first-order chi connectivity index (χ1) is 17.5. The van der Waals surface area contributed by atoms with Crippen LogP contribution in [0.1, 0.15) is 57.6 Å². The summed E-state index contributed by atoms with van der Waals surface area (Å²) in [7, 11) is 0. The van der Waals surface area contributed by atoms with E-state index >= 15 is 0 Å². The Balaban J connectivity index is 1.46. The number of benzene rings is 2. The Morgan fingerprint density at radius 2 is 1.81 bits per heavy atom. The van der Waals surface area contributed by atoms with Crippen LogP contribution in [0.3, 0.4) is 0 Å². The molecule has 0 spiro atoms. The van der Waals surface area contributed by atoms with Crippen molar-refractivity contribution in [2.75, 3.05) is 0 Å². The molecule has 1 aliphatic carbocycles. The lowest BCUT2D eigenvalue weighted by atomic mass is 9.92. The lowest BCUT2D eigenvalue weighted by Gasteiger charge is -2.14. The molecule has 0 saturated heterocycles. The third kappa shape index (κ3) is 3.99. The van der Waals surface area contributed by atoms with E-state index in [-0.39, 0.29) is 4.84 Å². The Morgan fingerprint density at radius 3 is 2.61 bits per heavy atom. The van der Waals surface area contributed by atoms with E-state index in [0.717, 1.165) is 54.1 Å². The number of imidazole rings is 1. The van der Waals surface area contributed by atoms with E-state index in [4.69, 9.17) is 26.7 Å². The van der Waals surface area contributed by atoms with Crippen molar-refractivity contribution in [2.24, 2.45) is 0 Å². The number of rotatable bonds is 4. The van der Waals surface area contributed by atoms with Gasteiger partial charge in [-0.2, -0.15) is 4.98 Å². The maximum Gasteiger partial charge on any atom is 0.314 e. The van der Waals surface area contributed by atoms with Gasteiger partial charge in [-0.15, -0.1) is 0 Å². The van der Waals surface area contributed by atoms with Crippen molar-refractivity contribution in [2.45, 2.75) is 46.6 Å². The number of pyridine rings is 1. The van der Waals surface area contributed by atoms with Gasteiger partial charge in [-0.3, -0.25) is 0 Å². The van der Waals surface area contributed by atoms with E-state index in [1.165, 1.54) is 33.4 Å². The second-order valence-electron chi connectivity index (χ2n) is 9.39. The van der Waals surface area contributed by atoms with Gasteiger partial charge in [0.15, 0.2) is 11.5 Å². The van der Waals surface area contributed by atoms with Gasteiger partial charge in [-0.05, 0) is 90.0 Å². The van der Waals surface area contributed by atoms with Crippen molar-refractivity contribution < 1.29 is 4.52 Å². The minimum absolute atomic E-state index is 0.206. The highest BCUT2D eigenvalue weighted by atomic mass is 32.1. The maximum absolute atomic E-state index is 5.18. The Labute approximate surface area is 214 Å². The molecule has 3 aromatic heterocycles. The molecule has 0 fully saturated rings. The Bertz CT molecular complexity index is 1700. The van der Waals surface area contributed by atoms with Crippen LogP contribution in [0, 0.1) is 18.7 Å². The molecule has 0 atom stereocenters. The van der Waals surface area contributed by atoms with Crippen molar-refractivity contribution in [3.8, 4) is 0 Å². The summed E-state index contributed by atoms with van der Waals surface area (Å²) >= 11 is 5.07. The third-order valence-electron chi connectivity index (χ3n) is 6.92. The van der Waals surface area contributed by atoms with Crippen LogP contribution < -0.4 is 0 Å². The molecular formula is C29H27N5OS. The summed E-state index contributed by atoms with van der Waals surface area (Å²) in [5.74, 6) is 1.69. The standard InChI is InChI=1S/C29H27N5OS/c1-4-26-32-27-17(2)13-18(3)30-28(27)34(26)16-19-9-12-23-21(14-19)11-10-20-7-5-6-8-22(20)24(23)15-25-31-29(36)35-33-25/h5-9,12-15H,4,10-11,16H2,1-3H3,(H,31,33,36). The minimum atomic E-state index is 0.206. The van der Waals surface area contributed by atoms with Crippen LogP contribution in [0.25, 0.3) is 22.8 Å². The fourth-order valence-corrected chi connectivity index (χ4v) is 5.43. The number of aryl methyl sites for hydroxylation is 5. The first kappa shape index (κ1) is 22.6. The fraction of sp³-hybridized carbons (Fsp3) is 0.241. The van der Waals surface area contributed by atoms with Gasteiger partial charge in [-0.25, -0.2) is 15.1 Å². The third-order valence-corrected chi connectivity index (χ3v) is 7.10. The van der Waals surface area contributed by atoms with E-state index in [2.05, 4.69) is 77.1 Å². The fourth-order valence-electron chi connectivity index (χ4n) is 5.29. The average Bonchev–Trinajstić information content (AvgIpc) is 3.40. The van der Waals surface area contributed by atoms with E-state index in [1.54, 1.807) is 0 Å². The number of aromatic amines is 1. The molecule has 0 unspecified atom stereocenters. The first-order valence-corrected chi connectivity index (χ1v) is 12.7. The molecule has 180 valence electrons. The number of H-pyrrole nitrogens is 1. The van der Waals surface area contributed by atoms with Gasteiger partial charge in [-0.1, -0.05) is 49.4 Å². The van der Waals surface area contributed by atoms with Crippen LogP contribution in [0.5, 0.6) is 0 Å². The molecule has 0 saturated carbocycles. The zero-order valence-corrected chi connectivity index (χ0v) is 21.4. The van der Waals surface area contributed by atoms with Crippen LogP contribution in [0.2, 0.25) is 0 Å². The molecule has 2 aromatic carbocycles. The molecular weight excluding hydrogens is 466 g/mol. The van der Waals surface area contributed by atoms with Crippen molar-refractivity contribution in [1.82, 2.24) is 24.7 Å². The number of hydrogen-bond donors (Lipinski definition) is 1. The quantitative estimate of drug-likeness (QED) is 0.294. The highest BCUT2D eigenvalue weighted by Gasteiger charge is 2.20. The molecule has 6 rings (SSSR count). The highest BCUT2D eigenvalue weighted by molar-refractivity contribution is 7.71. The van der Waals surface area contributed by atoms with Crippen molar-refractivity contribution >= 4 is 35.0 Å². The minimum Gasteiger partial charge on any atom is -0.348 e. The van der Waals surface area contributed by atoms with Crippen LogP contribution in [-0.2, 0) is 25.8 Å². The number of nitrogens with one attached hydrogen (secondary N) is 1. The lowest BCUT2D eigenvalue weighted by molar-refractivity contribution is 0.403. The number of fused-ring (bicyclic) bond motifs is 3. The van der Waals surface area contributed by atoms with E-state index in [1.807, 2.05) is 13.0 Å². The molecule has 0 bridgehead atoms. The number of hydrogen-bond acceptors (Lipinski definition) is 5. The largest absolute Gasteiger partial charge is 0.348 e. The molecule has 6 nitrogen and oxygen atoms in total. The predicted octanol–water partition coefficient (Wildman–Crippen LogP) is 6.39. The summed E-state index contributed by atoms with van der Waals surface area (Å²) < 4.78 is 7.46. The van der Waals surface area contributed by atoms with Crippen molar-refractivity contribution in [1.29, 1.82) is 0 Å². The summed E-state index contributed by atoms with van der Waals surface area (Å²) in [5.41, 5.74) is 11.6. The average molecular weight is 494 g/mol. The van der Waals surface area contributed by atoms with Crippen LogP contribution in [-0.4, -0.2) is 24.7 Å². The van der Waals surface area contributed by atoms with Gasteiger partial charge in [0.1, 0.15) is 11.3 Å². The summed E-state index contributed by atoms with van der Waals surface area (Å²) in [5, 5.41) is 2.83. The Hall–Kier alpha value is -3.84. The van der Waals surface area contributed by atoms with E-state index < -0.39 is 0 Å². The molecule has 0 radical (unpaired) electrons. The zero-order chi connectivity index (χ0) is 24.8. The van der Waals surface area contributed by atoms with Crippen LogP contribution in [0.15, 0.2) is 53.1 Å². The van der Waals surface area contributed by atoms with Gasteiger partial charge in [0.2, 0.25) is 0 Å². The molecule has 5 aromatic rings. The van der Waals surface area contributed by atoms with Gasteiger partial charge < -0.3 is 9.09 Å². The van der Waals surface area contributed by atoms with Crippen molar-refractivity contribution in [3.05, 3.63) is 104 Å². The second-order valence-corrected chi connectivity index (χ2v) is 9.74. The molecule has 1 N–H and O–H groups in total. The normalized spacial score (nSPS) is 14.1. The van der Waals surface area contributed by atoms with Gasteiger partial charge >= 0.3 is 4.84 Å². The second kappa shape index (κ2) is 8.99. The molecule has 36 heavy (non-hydrogen) atoms. The van der Waals surface area contributed by atoms with Gasteiger partial charge in [0, 0.05) is 12.1 Å². The van der Waals surface area contributed by atoms with Crippen LogP contribution >= 0.6 is 12.2 Å². The van der Waals surface area contributed by atoms with Gasteiger partial charge in [0.25, 0.3) is 0 Å². The molecule has 0 amide bonds. The SMILES string of the molecule is CCc1nc2c(C)cc(C)nc2n1Cc1ccc2c(c1)CCc1ccccc1C2=Cc1nc(=S)o[nH]1. The summed E-state index contributed by atoms with van der Waals surface area (Å²) in [4.78, 5) is 14.3. The first-order valence-electron chi connectivity index (χ1n) is 12.3. The summed E-state index contributed by atoms with van der Waals surface area (Å²) in [6, 6.07) is 17.5. The topological polar surface area (TPSA) is 72.5 Å². The molecule has 0 aliphatic heterocycles. The summed E-state index contributed by atoms with van der Waals surface area (Å²) in [6.45, 7) is 7.05. The van der Waals surface area contributed by atoms with E-state index in [9.17, 15) is 0 Å². The highest BCUT2D eigenvalue weighted by Crippen LogP contribution is 2.35. The van der Waals surface area contributed by atoms with Crippen LogP contribution in [0.4, 0.5) is 0 Å². The zero-order valence-electron chi connectivity index (χ0n) is 20.6. The Kier molecular flexibility index (Phi) is 5.64. The molecule has 1 aliphatic rings. The molecule has 3 heterocycles. The van der Waals surface area contributed by atoms with E-state index in [0.29, 0.717) is 5.82 Å². The number of aromatic nitrogens is 5. The van der Waals surface area contributed by atoms with Gasteiger partial charge in [0.05, 0.1) is 6.54 Å². The lowest BCUT2D eigenvalue weighted by Crippen LogP contribution is -2.07. The maximum atomic E-state index is 5.18. The predicted molar refractivity (Wildman–Crippen MR) is 144 cm³/mol. The number of nitrogens with zero attached hydrogens (tertiary/aromatic N) is 4. The Morgan fingerprint density at radius 1 is 1.00 bits per heavy atom.